The first kappa shape index (κ1) is 18.0. The maximum absolute atomic E-state index is 10.8. The minimum absolute atomic E-state index is 0.0730. The quantitative estimate of drug-likeness (QED) is 0.877. The minimum Gasteiger partial charge on any atom is -0.492 e. The molecular weight excluding hydrogens is 286 g/mol. The van der Waals surface area contributed by atoms with Gasteiger partial charge in [-0.1, -0.05) is 46.8 Å². The Labute approximate surface area is 128 Å². The molecule has 0 amide bonds. The van der Waals surface area contributed by atoms with Gasteiger partial charge < -0.3 is 4.74 Å². The SMILES string of the molecule is CC(C)(C)CC(C)(C)c1ccc(OCCS(N)(=O)=O)cc1. The molecule has 21 heavy (non-hydrogen) atoms. The third-order valence-corrected chi connectivity index (χ3v) is 3.98. The van der Waals surface area contributed by atoms with E-state index in [2.05, 4.69) is 34.6 Å². The molecule has 0 aliphatic carbocycles. The smallest absolute Gasteiger partial charge is 0.212 e. The summed E-state index contributed by atoms with van der Waals surface area (Å²) in [5.74, 6) is 0.485. The molecule has 4 nitrogen and oxygen atoms in total. The molecule has 5 heteroatoms. The number of sulfonamides is 1. The van der Waals surface area contributed by atoms with Crippen LogP contribution < -0.4 is 9.88 Å². The molecule has 120 valence electrons. The fourth-order valence-electron chi connectivity index (χ4n) is 2.71. The van der Waals surface area contributed by atoms with Crippen LogP contribution in [0.15, 0.2) is 24.3 Å². The lowest BCUT2D eigenvalue weighted by atomic mass is 9.72. The predicted octanol–water partition coefficient (Wildman–Crippen LogP) is 3.07. The summed E-state index contributed by atoms with van der Waals surface area (Å²) in [6.45, 7) is 11.2. The Morgan fingerprint density at radius 1 is 1.05 bits per heavy atom. The molecule has 0 atom stereocenters. The van der Waals surface area contributed by atoms with E-state index in [1.54, 1.807) is 0 Å². The van der Waals surface area contributed by atoms with Gasteiger partial charge in [-0.05, 0) is 34.9 Å². The highest BCUT2D eigenvalue weighted by Gasteiger charge is 2.27. The van der Waals surface area contributed by atoms with Crippen LogP contribution in [-0.2, 0) is 15.4 Å². The van der Waals surface area contributed by atoms with Crippen molar-refractivity contribution in [2.24, 2.45) is 10.6 Å². The normalized spacial score (nSPS) is 13.2. The number of hydrogen-bond donors (Lipinski definition) is 1. The lowest BCUT2D eigenvalue weighted by Crippen LogP contribution is -2.24. The number of nitrogens with two attached hydrogens (primary N) is 1. The molecule has 1 aromatic rings. The lowest BCUT2D eigenvalue weighted by Gasteiger charge is -2.33. The van der Waals surface area contributed by atoms with Gasteiger partial charge in [-0.25, -0.2) is 13.6 Å². The van der Waals surface area contributed by atoms with Crippen LogP contribution >= 0.6 is 0 Å². The lowest BCUT2D eigenvalue weighted by molar-refractivity contribution is 0.283. The molecule has 0 aliphatic heterocycles. The summed E-state index contributed by atoms with van der Waals surface area (Å²) in [5, 5.41) is 4.93. The molecule has 0 spiro atoms. The zero-order valence-electron chi connectivity index (χ0n) is 13.6. The zero-order chi connectivity index (χ0) is 16.3. The number of hydrogen-bond acceptors (Lipinski definition) is 3. The summed E-state index contributed by atoms with van der Waals surface area (Å²) >= 11 is 0. The van der Waals surface area contributed by atoms with Crippen molar-refractivity contribution >= 4 is 10.0 Å². The molecule has 0 aromatic heterocycles. The van der Waals surface area contributed by atoms with Crippen molar-refractivity contribution in [3.8, 4) is 5.75 Å². The van der Waals surface area contributed by atoms with Gasteiger partial charge in [0.25, 0.3) is 0 Å². The van der Waals surface area contributed by atoms with E-state index in [1.807, 2.05) is 24.3 Å². The molecule has 0 unspecified atom stereocenters. The van der Waals surface area contributed by atoms with Gasteiger partial charge in [0, 0.05) is 0 Å². The van der Waals surface area contributed by atoms with E-state index in [0.29, 0.717) is 5.75 Å². The second-order valence-electron chi connectivity index (χ2n) is 7.36. The van der Waals surface area contributed by atoms with Crippen LogP contribution in [0.25, 0.3) is 0 Å². The van der Waals surface area contributed by atoms with Crippen LogP contribution in [0.4, 0.5) is 0 Å². The van der Waals surface area contributed by atoms with Crippen LogP contribution in [0.3, 0.4) is 0 Å². The highest BCUT2D eigenvalue weighted by molar-refractivity contribution is 7.89. The van der Waals surface area contributed by atoms with E-state index in [1.165, 1.54) is 5.56 Å². The molecule has 0 saturated heterocycles. The van der Waals surface area contributed by atoms with Crippen molar-refractivity contribution in [2.45, 2.75) is 46.5 Å². The van der Waals surface area contributed by atoms with Gasteiger partial charge in [0.05, 0.1) is 5.75 Å². The van der Waals surface area contributed by atoms with E-state index < -0.39 is 10.0 Å². The summed E-state index contributed by atoms with van der Waals surface area (Å²) in [6, 6.07) is 7.84. The Morgan fingerprint density at radius 2 is 1.57 bits per heavy atom. The van der Waals surface area contributed by atoms with E-state index in [0.717, 1.165) is 6.42 Å². The average Bonchev–Trinajstić information content (AvgIpc) is 2.24. The maximum Gasteiger partial charge on any atom is 0.212 e. The van der Waals surface area contributed by atoms with Gasteiger partial charge in [-0.2, -0.15) is 0 Å². The van der Waals surface area contributed by atoms with Gasteiger partial charge in [-0.15, -0.1) is 0 Å². The summed E-state index contributed by atoms with van der Waals surface area (Å²) in [5.41, 5.74) is 1.59. The van der Waals surface area contributed by atoms with Gasteiger partial charge in [0.2, 0.25) is 10.0 Å². The first-order chi connectivity index (χ1) is 9.39. The standard InChI is InChI=1S/C16H27NO3S/c1-15(2,3)12-16(4,5)13-6-8-14(9-7-13)20-10-11-21(17,18)19/h6-9H,10-12H2,1-5H3,(H2,17,18,19). The van der Waals surface area contributed by atoms with Crippen molar-refractivity contribution < 1.29 is 13.2 Å². The van der Waals surface area contributed by atoms with Gasteiger partial charge in [0.15, 0.2) is 0 Å². The number of rotatable bonds is 6. The van der Waals surface area contributed by atoms with Crippen molar-refractivity contribution in [2.75, 3.05) is 12.4 Å². The molecular formula is C16H27NO3S. The molecule has 0 fully saturated rings. The molecule has 0 heterocycles. The van der Waals surface area contributed by atoms with E-state index in [9.17, 15) is 8.42 Å². The Bertz CT molecular complexity index is 554. The van der Waals surface area contributed by atoms with Crippen molar-refractivity contribution in [3.63, 3.8) is 0 Å². The van der Waals surface area contributed by atoms with Crippen molar-refractivity contribution in [1.82, 2.24) is 0 Å². The number of benzene rings is 1. The largest absolute Gasteiger partial charge is 0.492 e. The van der Waals surface area contributed by atoms with Crippen LogP contribution in [0.2, 0.25) is 0 Å². The second-order valence-corrected chi connectivity index (χ2v) is 9.10. The monoisotopic (exact) mass is 313 g/mol. The van der Waals surface area contributed by atoms with Crippen LogP contribution in [0.5, 0.6) is 5.75 Å². The Morgan fingerprint density at radius 3 is 2.00 bits per heavy atom. The third-order valence-electron chi connectivity index (χ3n) is 3.24. The second kappa shape index (κ2) is 6.36. The van der Waals surface area contributed by atoms with E-state index in [-0.39, 0.29) is 23.2 Å². The summed E-state index contributed by atoms with van der Waals surface area (Å²) in [6.07, 6.45) is 1.08. The topological polar surface area (TPSA) is 69.4 Å². The Hall–Kier alpha value is -1.07. The fraction of sp³-hybridized carbons (Fsp3) is 0.625. The van der Waals surface area contributed by atoms with Crippen LogP contribution in [-0.4, -0.2) is 20.8 Å². The molecule has 2 N–H and O–H groups in total. The Balaban J connectivity index is 2.69. The first-order valence-electron chi connectivity index (χ1n) is 7.13. The van der Waals surface area contributed by atoms with Gasteiger partial charge in [-0.3, -0.25) is 0 Å². The van der Waals surface area contributed by atoms with Gasteiger partial charge in [0.1, 0.15) is 12.4 Å². The minimum atomic E-state index is -3.47. The van der Waals surface area contributed by atoms with Crippen molar-refractivity contribution in [1.29, 1.82) is 0 Å². The number of primary sulfonamides is 1. The highest BCUT2D eigenvalue weighted by atomic mass is 32.2. The van der Waals surface area contributed by atoms with Crippen LogP contribution in [0, 0.1) is 5.41 Å². The Kier molecular flexibility index (Phi) is 5.45. The summed E-state index contributed by atoms with van der Waals surface area (Å²) in [4.78, 5) is 0. The highest BCUT2D eigenvalue weighted by Crippen LogP contribution is 2.36. The number of ether oxygens (including phenoxy) is 1. The average molecular weight is 313 g/mol. The van der Waals surface area contributed by atoms with Crippen LogP contribution in [0.1, 0.15) is 46.6 Å². The zero-order valence-corrected chi connectivity index (χ0v) is 14.5. The molecule has 0 bridgehead atoms. The third kappa shape index (κ3) is 6.96. The fourth-order valence-corrected chi connectivity index (χ4v) is 3.02. The first-order valence-corrected chi connectivity index (χ1v) is 8.84. The molecule has 0 aliphatic rings. The summed E-state index contributed by atoms with van der Waals surface area (Å²) < 4.78 is 27.1. The predicted molar refractivity (Wildman–Crippen MR) is 87.0 cm³/mol. The van der Waals surface area contributed by atoms with Gasteiger partial charge >= 0.3 is 0 Å². The maximum atomic E-state index is 10.8. The molecule has 0 radical (unpaired) electrons. The van der Waals surface area contributed by atoms with Crippen molar-refractivity contribution in [3.05, 3.63) is 29.8 Å². The van der Waals surface area contributed by atoms with E-state index >= 15 is 0 Å². The molecule has 0 saturated carbocycles. The van der Waals surface area contributed by atoms with E-state index in [4.69, 9.17) is 9.88 Å². The molecule has 1 aromatic carbocycles. The summed E-state index contributed by atoms with van der Waals surface area (Å²) in [7, 11) is -3.47. The molecule has 1 rings (SSSR count).